The highest BCUT2D eigenvalue weighted by atomic mass is 32.2. The number of nitrogens with one attached hydrogen (secondary N) is 1. The highest BCUT2D eigenvalue weighted by molar-refractivity contribution is 7.91. The summed E-state index contributed by atoms with van der Waals surface area (Å²) in [7, 11) is -2.74. The molecule has 0 aliphatic carbocycles. The summed E-state index contributed by atoms with van der Waals surface area (Å²) < 4.78 is 22.5. The largest absolute Gasteiger partial charge is 0.314 e. The van der Waals surface area contributed by atoms with E-state index in [-0.39, 0.29) is 0 Å². The van der Waals surface area contributed by atoms with Gasteiger partial charge in [0.05, 0.1) is 11.5 Å². The van der Waals surface area contributed by atoms with Gasteiger partial charge >= 0.3 is 0 Å². The summed E-state index contributed by atoms with van der Waals surface area (Å²) in [6.45, 7) is 0.898. The van der Waals surface area contributed by atoms with Crippen LogP contribution in [0.25, 0.3) is 0 Å². The highest BCUT2D eigenvalue weighted by Crippen LogP contribution is 2.12. The van der Waals surface area contributed by atoms with Gasteiger partial charge < -0.3 is 5.32 Å². The number of hydrogen-bond donors (Lipinski definition) is 1. The molecule has 94 valence electrons. The van der Waals surface area contributed by atoms with Crippen molar-refractivity contribution in [2.75, 3.05) is 18.1 Å². The molecule has 2 rings (SSSR count). The lowest BCUT2D eigenvalue weighted by Gasteiger charge is -2.23. The van der Waals surface area contributed by atoms with Crippen LogP contribution in [0.4, 0.5) is 0 Å². The number of hydrogen-bond acceptors (Lipinski definition) is 4. The first-order chi connectivity index (χ1) is 8.16. The van der Waals surface area contributed by atoms with E-state index in [1.807, 2.05) is 12.1 Å². The number of sulfone groups is 1. The zero-order valence-electron chi connectivity index (χ0n) is 9.80. The Labute approximate surface area is 102 Å². The van der Waals surface area contributed by atoms with Gasteiger partial charge in [0, 0.05) is 18.4 Å². The summed E-state index contributed by atoms with van der Waals surface area (Å²) in [5, 5.41) is 3.42. The molecule has 0 unspecified atom stereocenters. The molecule has 5 heteroatoms. The Balaban J connectivity index is 1.70. The third kappa shape index (κ3) is 4.09. The molecule has 0 radical (unpaired) electrons. The molecular weight excluding hydrogens is 236 g/mol. The number of nitrogens with zero attached hydrogens (tertiary/aromatic N) is 1. The van der Waals surface area contributed by atoms with Gasteiger partial charge in [-0.05, 0) is 43.5 Å². The van der Waals surface area contributed by atoms with Crippen LogP contribution < -0.4 is 5.32 Å². The molecule has 1 aliphatic rings. The number of rotatable bonds is 4. The lowest BCUT2D eigenvalue weighted by Crippen LogP contribution is -2.38. The van der Waals surface area contributed by atoms with E-state index in [2.05, 4.69) is 10.3 Å². The molecule has 4 nitrogen and oxygen atoms in total. The Morgan fingerprint density at radius 3 is 2.53 bits per heavy atom. The van der Waals surface area contributed by atoms with Gasteiger partial charge in [-0.2, -0.15) is 0 Å². The smallest absolute Gasteiger partial charge is 0.150 e. The van der Waals surface area contributed by atoms with Gasteiger partial charge in [-0.1, -0.05) is 0 Å². The first-order valence-electron chi connectivity index (χ1n) is 5.98. The third-order valence-corrected chi connectivity index (χ3v) is 4.87. The van der Waals surface area contributed by atoms with Crippen molar-refractivity contribution in [2.45, 2.75) is 25.3 Å². The quantitative estimate of drug-likeness (QED) is 0.863. The van der Waals surface area contributed by atoms with Crippen LogP contribution in [-0.2, 0) is 16.3 Å². The van der Waals surface area contributed by atoms with Crippen LogP contribution in [0.2, 0.25) is 0 Å². The summed E-state index contributed by atoms with van der Waals surface area (Å²) in [5.74, 6) is 0.667. The average molecular weight is 254 g/mol. The van der Waals surface area contributed by atoms with Gasteiger partial charge in [-0.25, -0.2) is 8.42 Å². The van der Waals surface area contributed by atoms with Crippen molar-refractivity contribution in [1.82, 2.24) is 10.3 Å². The topological polar surface area (TPSA) is 59.1 Å². The van der Waals surface area contributed by atoms with Crippen LogP contribution in [-0.4, -0.2) is 37.5 Å². The second kappa shape index (κ2) is 5.60. The summed E-state index contributed by atoms with van der Waals surface area (Å²) in [4.78, 5) is 3.97. The maximum absolute atomic E-state index is 11.3. The molecule has 2 heterocycles. The molecule has 0 bridgehead atoms. The van der Waals surface area contributed by atoms with Gasteiger partial charge in [-0.15, -0.1) is 0 Å². The fourth-order valence-corrected chi connectivity index (χ4v) is 3.56. The van der Waals surface area contributed by atoms with Gasteiger partial charge in [0.15, 0.2) is 0 Å². The van der Waals surface area contributed by atoms with Crippen molar-refractivity contribution in [3.8, 4) is 0 Å². The molecule has 0 aromatic carbocycles. The van der Waals surface area contributed by atoms with Gasteiger partial charge in [0.25, 0.3) is 0 Å². The number of aromatic nitrogens is 1. The standard InChI is InChI=1S/C12H18N2O2S/c15-17(16)9-4-12(5-10-17)14-8-3-11-1-6-13-7-2-11/h1-2,6-7,12,14H,3-5,8-10H2. The average Bonchev–Trinajstić information content (AvgIpc) is 2.33. The second-order valence-corrected chi connectivity index (χ2v) is 6.79. The predicted octanol–water partition coefficient (Wildman–Crippen LogP) is 0.791. The Bertz CT molecular complexity index is 431. The van der Waals surface area contributed by atoms with E-state index in [9.17, 15) is 8.42 Å². The van der Waals surface area contributed by atoms with Gasteiger partial charge in [0.2, 0.25) is 0 Å². The Hall–Kier alpha value is -0.940. The van der Waals surface area contributed by atoms with E-state index < -0.39 is 9.84 Å². The van der Waals surface area contributed by atoms with E-state index in [4.69, 9.17) is 0 Å². The SMILES string of the molecule is O=S1(=O)CCC(NCCc2ccncc2)CC1. The lowest BCUT2D eigenvalue weighted by molar-refractivity contribution is 0.466. The van der Waals surface area contributed by atoms with Crippen molar-refractivity contribution in [3.05, 3.63) is 30.1 Å². The van der Waals surface area contributed by atoms with Crippen LogP contribution in [0.3, 0.4) is 0 Å². The molecule has 0 spiro atoms. The molecule has 1 aromatic heterocycles. The molecule has 1 N–H and O–H groups in total. The van der Waals surface area contributed by atoms with Crippen LogP contribution in [0.1, 0.15) is 18.4 Å². The van der Waals surface area contributed by atoms with Crippen LogP contribution >= 0.6 is 0 Å². The Kier molecular flexibility index (Phi) is 4.12. The molecule has 1 aliphatic heterocycles. The van der Waals surface area contributed by atoms with Crippen molar-refractivity contribution in [2.24, 2.45) is 0 Å². The molecule has 0 atom stereocenters. The molecular formula is C12H18N2O2S. The zero-order chi connectivity index (χ0) is 12.1. The fourth-order valence-electron chi connectivity index (χ4n) is 2.06. The van der Waals surface area contributed by atoms with Crippen molar-refractivity contribution in [3.63, 3.8) is 0 Å². The number of pyridine rings is 1. The van der Waals surface area contributed by atoms with Crippen LogP contribution in [0.5, 0.6) is 0 Å². The monoisotopic (exact) mass is 254 g/mol. The van der Waals surface area contributed by atoms with Crippen LogP contribution in [0.15, 0.2) is 24.5 Å². The minimum atomic E-state index is -2.74. The van der Waals surface area contributed by atoms with Crippen molar-refractivity contribution in [1.29, 1.82) is 0 Å². The summed E-state index contributed by atoms with van der Waals surface area (Å²) in [6.07, 6.45) is 6.05. The maximum Gasteiger partial charge on any atom is 0.150 e. The molecule has 1 saturated heterocycles. The van der Waals surface area contributed by atoms with E-state index >= 15 is 0 Å². The minimum Gasteiger partial charge on any atom is -0.314 e. The molecule has 1 aromatic rings. The van der Waals surface area contributed by atoms with E-state index in [0.717, 1.165) is 25.8 Å². The Morgan fingerprint density at radius 2 is 1.88 bits per heavy atom. The molecule has 17 heavy (non-hydrogen) atoms. The summed E-state index contributed by atoms with van der Waals surface area (Å²) >= 11 is 0. The fraction of sp³-hybridized carbons (Fsp3) is 0.583. The van der Waals surface area contributed by atoms with Crippen LogP contribution in [0, 0.1) is 0 Å². The molecule has 0 saturated carbocycles. The second-order valence-electron chi connectivity index (χ2n) is 4.49. The summed E-state index contributed by atoms with van der Waals surface area (Å²) in [5.41, 5.74) is 1.26. The molecule has 1 fully saturated rings. The minimum absolute atomic E-state index is 0.333. The third-order valence-electron chi connectivity index (χ3n) is 3.15. The predicted molar refractivity (Wildman–Crippen MR) is 67.6 cm³/mol. The van der Waals surface area contributed by atoms with E-state index in [0.29, 0.717) is 17.5 Å². The van der Waals surface area contributed by atoms with Gasteiger partial charge in [-0.3, -0.25) is 4.98 Å². The van der Waals surface area contributed by atoms with E-state index in [1.54, 1.807) is 12.4 Å². The lowest BCUT2D eigenvalue weighted by atomic mass is 10.1. The first-order valence-corrected chi connectivity index (χ1v) is 7.80. The van der Waals surface area contributed by atoms with Crippen molar-refractivity contribution >= 4 is 9.84 Å². The van der Waals surface area contributed by atoms with Crippen molar-refractivity contribution < 1.29 is 8.42 Å². The zero-order valence-corrected chi connectivity index (χ0v) is 10.6. The Morgan fingerprint density at radius 1 is 1.24 bits per heavy atom. The molecule has 0 amide bonds. The van der Waals surface area contributed by atoms with Gasteiger partial charge in [0.1, 0.15) is 9.84 Å². The highest BCUT2D eigenvalue weighted by Gasteiger charge is 2.22. The maximum atomic E-state index is 11.3. The first kappa shape index (κ1) is 12.5. The normalized spacial score (nSPS) is 20.2. The van der Waals surface area contributed by atoms with E-state index in [1.165, 1.54) is 5.56 Å². The summed E-state index contributed by atoms with van der Waals surface area (Å²) in [6, 6.07) is 4.38.